The Balaban J connectivity index is 2.08. The van der Waals surface area contributed by atoms with Gasteiger partial charge in [-0.2, -0.15) is 0 Å². The zero-order valence-corrected chi connectivity index (χ0v) is 26.4. The molecule has 0 aliphatic rings. The third-order valence-corrected chi connectivity index (χ3v) is 5.87. The average Bonchev–Trinajstić information content (AvgIpc) is 3.71. The number of nitrogens with zero attached hydrogens (tertiary/aromatic N) is 6. The van der Waals surface area contributed by atoms with Crippen LogP contribution in [-0.2, 0) is 0 Å². The highest BCUT2D eigenvalue weighted by molar-refractivity contribution is 6.37. The highest BCUT2D eigenvalue weighted by atomic mass is 16.9. The van der Waals surface area contributed by atoms with E-state index in [9.17, 15) is 0 Å². The smallest absolute Gasteiger partial charge is 0.380 e. The molecule has 3 rings (SSSR count). The summed E-state index contributed by atoms with van der Waals surface area (Å²) >= 11 is 0. The second kappa shape index (κ2) is 18.2. The summed E-state index contributed by atoms with van der Waals surface area (Å²) in [5.74, 6) is 0. The average molecular weight is 585 g/mol. The van der Waals surface area contributed by atoms with Gasteiger partial charge >= 0.3 is 7.32 Å². The molecular weight excluding hydrogens is 539 g/mol. The van der Waals surface area contributed by atoms with Gasteiger partial charge in [0.25, 0.3) is 0 Å². The van der Waals surface area contributed by atoms with E-state index in [4.69, 9.17) is 14.3 Å². The van der Waals surface area contributed by atoms with Gasteiger partial charge in [0, 0.05) is 0 Å². The Labute approximate surface area is 256 Å². The molecule has 0 radical (unpaired) electrons. The van der Waals surface area contributed by atoms with E-state index in [1.165, 1.54) is 14.5 Å². The fourth-order valence-corrected chi connectivity index (χ4v) is 3.76. The van der Waals surface area contributed by atoms with Crippen LogP contribution in [0.15, 0.2) is 54.7 Å². The lowest BCUT2D eigenvalue weighted by atomic mass is 10.2. The summed E-state index contributed by atoms with van der Waals surface area (Å²) in [6.07, 6.45) is 29.3. The lowest BCUT2D eigenvalue weighted by Gasteiger charge is -2.16. The van der Waals surface area contributed by atoms with Crippen LogP contribution in [0.4, 0.5) is 0 Å². The standard InChI is InChI=1S/C33H45BN6O3/c1-7-13-19-28-25-31(22-16-10-4)38(35-28)41-34(42-39-32(23-17-11-5)26-29(36-39)20-14-8-2)43-40-33(24-18-12-6)27-30(37-40)21-15-9-3/h13-27H,7-12H2,1-6H3/b19-13+,20-14+,21-15+,22-16+,23-17+,24-18+. The Bertz CT molecular complexity index is 1270. The van der Waals surface area contributed by atoms with Crippen molar-refractivity contribution in [2.24, 2.45) is 0 Å². The predicted molar refractivity (Wildman–Crippen MR) is 178 cm³/mol. The molecule has 0 aliphatic heterocycles. The summed E-state index contributed by atoms with van der Waals surface area (Å²) < 4.78 is 18.8. The highest BCUT2D eigenvalue weighted by Gasteiger charge is 2.36. The van der Waals surface area contributed by atoms with Crippen LogP contribution < -0.4 is 14.3 Å². The van der Waals surface area contributed by atoms with Gasteiger partial charge in [-0.15, -0.1) is 29.8 Å². The van der Waals surface area contributed by atoms with Gasteiger partial charge in [0.1, 0.15) is 17.1 Å². The van der Waals surface area contributed by atoms with Gasteiger partial charge in [0.05, 0.1) is 17.1 Å². The van der Waals surface area contributed by atoms with Gasteiger partial charge in [-0.25, -0.2) is 0 Å². The van der Waals surface area contributed by atoms with Crippen LogP contribution in [0.25, 0.3) is 36.5 Å². The topological polar surface area (TPSA) is 81.1 Å². The van der Waals surface area contributed by atoms with E-state index in [0.717, 1.165) is 72.7 Å². The molecular formula is C33H45BN6O3. The van der Waals surface area contributed by atoms with Crippen LogP contribution in [0.2, 0.25) is 0 Å². The Morgan fingerprint density at radius 1 is 0.465 bits per heavy atom. The van der Waals surface area contributed by atoms with Crippen LogP contribution in [0, 0.1) is 0 Å². The van der Waals surface area contributed by atoms with Crippen molar-refractivity contribution in [3.05, 3.63) is 88.8 Å². The number of rotatable bonds is 18. The van der Waals surface area contributed by atoms with Gasteiger partial charge in [-0.3, -0.25) is 0 Å². The normalized spacial score (nSPS) is 12.4. The van der Waals surface area contributed by atoms with Crippen molar-refractivity contribution >= 4 is 43.8 Å². The molecule has 0 unspecified atom stereocenters. The first-order valence-electron chi connectivity index (χ1n) is 15.4. The number of aromatic nitrogens is 6. The first-order valence-corrected chi connectivity index (χ1v) is 15.4. The first kappa shape index (κ1) is 33.0. The maximum atomic E-state index is 6.28. The first-order chi connectivity index (χ1) is 21.0. The zero-order chi connectivity index (χ0) is 30.9. The van der Waals surface area contributed by atoms with Crippen molar-refractivity contribution in [3.63, 3.8) is 0 Å². The van der Waals surface area contributed by atoms with Crippen LogP contribution in [0.5, 0.6) is 0 Å². The van der Waals surface area contributed by atoms with Crippen molar-refractivity contribution in [2.75, 3.05) is 0 Å². The quantitative estimate of drug-likeness (QED) is 0.144. The van der Waals surface area contributed by atoms with E-state index >= 15 is 0 Å². The minimum atomic E-state index is -1.31. The molecule has 0 amide bonds. The summed E-state index contributed by atoms with van der Waals surface area (Å²) in [5.41, 5.74) is 4.49. The lowest BCUT2D eigenvalue weighted by Crippen LogP contribution is -2.50. The van der Waals surface area contributed by atoms with Crippen LogP contribution in [0.1, 0.15) is 114 Å². The summed E-state index contributed by atoms with van der Waals surface area (Å²) in [7, 11) is -1.31. The minimum Gasteiger partial charge on any atom is -0.380 e. The Hall–Kier alpha value is -4.47. The molecule has 0 bridgehead atoms. The van der Waals surface area contributed by atoms with E-state index < -0.39 is 7.32 Å². The molecule has 0 saturated carbocycles. The molecule has 3 aromatic heterocycles. The summed E-state index contributed by atoms with van der Waals surface area (Å²) in [6.45, 7) is 12.5. The van der Waals surface area contributed by atoms with Crippen molar-refractivity contribution in [1.82, 2.24) is 29.8 Å². The molecule has 0 saturated heterocycles. The molecule has 0 spiro atoms. The monoisotopic (exact) mass is 584 g/mol. The fraction of sp³-hybridized carbons (Fsp3) is 0.364. The van der Waals surface area contributed by atoms with Crippen LogP contribution >= 0.6 is 0 Å². The van der Waals surface area contributed by atoms with Crippen molar-refractivity contribution in [3.8, 4) is 0 Å². The maximum Gasteiger partial charge on any atom is 0.929 e. The summed E-state index contributed by atoms with van der Waals surface area (Å²) in [5, 5.41) is 13.9. The van der Waals surface area contributed by atoms with Gasteiger partial charge in [0.15, 0.2) is 0 Å². The fourth-order valence-electron chi connectivity index (χ4n) is 3.76. The molecule has 43 heavy (non-hydrogen) atoms. The van der Waals surface area contributed by atoms with E-state index in [2.05, 4.69) is 56.8 Å². The number of hydrogen-bond donors (Lipinski definition) is 0. The summed E-state index contributed by atoms with van der Waals surface area (Å²) in [4.78, 5) is 4.24. The molecule has 0 fully saturated rings. The Kier molecular flexibility index (Phi) is 13.9. The third-order valence-electron chi connectivity index (χ3n) is 5.87. The second-order valence-corrected chi connectivity index (χ2v) is 9.57. The van der Waals surface area contributed by atoms with Crippen molar-refractivity contribution < 1.29 is 14.3 Å². The van der Waals surface area contributed by atoms with Gasteiger partial charge in [-0.05, 0) is 93.2 Å². The maximum absolute atomic E-state index is 6.28. The van der Waals surface area contributed by atoms with Crippen molar-refractivity contribution in [1.29, 1.82) is 0 Å². The Morgan fingerprint density at radius 3 is 0.977 bits per heavy atom. The van der Waals surface area contributed by atoms with E-state index in [1.54, 1.807) is 0 Å². The molecule has 0 aliphatic carbocycles. The SMILES string of the molecule is CC/C=C/c1cc(/C=C/CC)n(OB(On2nc(/C=C/CC)cc2/C=C/CC)On2nc(/C=C/CC)cc2/C=C/CC)n1. The van der Waals surface area contributed by atoms with Gasteiger partial charge in [-0.1, -0.05) is 78.0 Å². The zero-order valence-electron chi connectivity index (χ0n) is 26.4. The highest BCUT2D eigenvalue weighted by Crippen LogP contribution is 2.13. The molecule has 3 heterocycles. The van der Waals surface area contributed by atoms with Crippen LogP contribution in [0.3, 0.4) is 0 Å². The molecule has 3 aromatic rings. The van der Waals surface area contributed by atoms with E-state index in [0.29, 0.717) is 0 Å². The predicted octanol–water partition coefficient (Wildman–Crippen LogP) is 7.49. The molecule has 9 nitrogen and oxygen atoms in total. The minimum absolute atomic E-state index is 0.742. The number of allylic oxidation sites excluding steroid dienone is 6. The summed E-state index contributed by atoms with van der Waals surface area (Å²) in [6, 6.07) is 5.84. The van der Waals surface area contributed by atoms with E-state index in [1.807, 2.05) is 91.1 Å². The van der Waals surface area contributed by atoms with Crippen molar-refractivity contribution in [2.45, 2.75) is 80.1 Å². The van der Waals surface area contributed by atoms with Gasteiger partial charge in [0.2, 0.25) is 0 Å². The second-order valence-electron chi connectivity index (χ2n) is 9.57. The van der Waals surface area contributed by atoms with E-state index in [-0.39, 0.29) is 0 Å². The molecule has 228 valence electrons. The van der Waals surface area contributed by atoms with Crippen LogP contribution in [-0.4, -0.2) is 37.2 Å². The Morgan fingerprint density at radius 2 is 0.721 bits per heavy atom. The molecule has 0 N–H and O–H groups in total. The number of hydrogen-bond acceptors (Lipinski definition) is 6. The molecule has 0 aromatic carbocycles. The lowest BCUT2D eigenvalue weighted by molar-refractivity contribution is 0.0385. The third kappa shape index (κ3) is 10.4. The molecule has 0 atom stereocenters. The van der Waals surface area contributed by atoms with Gasteiger partial charge < -0.3 is 14.3 Å². The largest absolute Gasteiger partial charge is 0.929 e. The molecule has 10 heteroatoms.